The first kappa shape index (κ1) is 10.1. The van der Waals surface area contributed by atoms with Crippen LogP contribution in [0.1, 0.15) is 44.9 Å². The summed E-state index contributed by atoms with van der Waals surface area (Å²) < 4.78 is 5.65. The van der Waals surface area contributed by atoms with Crippen molar-refractivity contribution in [1.29, 1.82) is 0 Å². The lowest BCUT2D eigenvalue weighted by atomic mass is 9.79. The number of rotatable bonds is 4. The molecule has 0 radical (unpaired) electrons. The van der Waals surface area contributed by atoms with Crippen LogP contribution in [0.5, 0.6) is 0 Å². The Morgan fingerprint density at radius 2 is 2.13 bits per heavy atom. The molecule has 0 aromatic carbocycles. The van der Waals surface area contributed by atoms with Crippen molar-refractivity contribution in [3.8, 4) is 0 Å². The standard InChI is InChI=1S/C13H23NO/c1-15-13(5-2-6-13)9-14-12-8-10-3-4-11(12)7-10/h10-12,14H,2-9H2,1H3. The van der Waals surface area contributed by atoms with Gasteiger partial charge in [-0.3, -0.25) is 0 Å². The van der Waals surface area contributed by atoms with Gasteiger partial charge in [0.2, 0.25) is 0 Å². The van der Waals surface area contributed by atoms with Crippen molar-refractivity contribution in [2.24, 2.45) is 11.8 Å². The first-order chi connectivity index (χ1) is 7.31. The largest absolute Gasteiger partial charge is 0.377 e. The maximum atomic E-state index is 5.65. The molecule has 15 heavy (non-hydrogen) atoms. The summed E-state index contributed by atoms with van der Waals surface area (Å²) in [4.78, 5) is 0. The molecule has 0 spiro atoms. The predicted molar refractivity (Wildman–Crippen MR) is 60.8 cm³/mol. The average molecular weight is 209 g/mol. The van der Waals surface area contributed by atoms with E-state index in [9.17, 15) is 0 Å². The van der Waals surface area contributed by atoms with Crippen molar-refractivity contribution in [2.45, 2.75) is 56.6 Å². The van der Waals surface area contributed by atoms with Crippen molar-refractivity contribution >= 4 is 0 Å². The first-order valence-corrected chi connectivity index (χ1v) is 6.60. The Morgan fingerprint density at radius 1 is 1.27 bits per heavy atom. The average Bonchev–Trinajstić information content (AvgIpc) is 2.78. The van der Waals surface area contributed by atoms with Gasteiger partial charge in [-0.05, 0) is 50.4 Å². The zero-order valence-electron chi connectivity index (χ0n) is 9.80. The minimum Gasteiger partial charge on any atom is -0.377 e. The molecule has 2 heteroatoms. The van der Waals surface area contributed by atoms with Crippen molar-refractivity contribution in [2.75, 3.05) is 13.7 Å². The Hall–Kier alpha value is -0.0800. The zero-order valence-corrected chi connectivity index (χ0v) is 9.80. The summed E-state index contributed by atoms with van der Waals surface area (Å²) in [7, 11) is 1.88. The maximum Gasteiger partial charge on any atom is 0.0802 e. The van der Waals surface area contributed by atoms with Crippen molar-refractivity contribution in [1.82, 2.24) is 5.32 Å². The van der Waals surface area contributed by atoms with Gasteiger partial charge in [0.15, 0.2) is 0 Å². The predicted octanol–water partition coefficient (Wildman–Crippen LogP) is 2.33. The molecule has 3 aliphatic rings. The molecule has 3 fully saturated rings. The zero-order chi connectivity index (χ0) is 10.3. The van der Waals surface area contributed by atoms with Gasteiger partial charge in [0, 0.05) is 19.7 Å². The lowest BCUT2D eigenvalue weighted by Gasteiger charge is -2.42. The summed E-state index contributed by atoms with van der Waals surface area (Å²) in [5.41, 5.74) is 0.210. The van der Waals surface area contributed by atoms with Crippen molar-refractivity contribution in [3.63, 3.8) is 0 Å². The Labute approximate surface area is 92.8 Å². The second-order valence-electron chi connectivity index (χ2n) is 5.90. The molecule has 3 unspecified atom stereocenters. The summed E-state index contributed by atoms with van der Waals surface area (Å²) in [5.74, 6) is 2.04. The van der Waals surface area contributed by atoms with Crippen molar-refractivity contribution < 1.29 is 4.74 Å². The quantitative estimate of drug-likeness (QED) is 0.767. The van der Waals surface area contributed by atoms with E-state index in [0.717, 1.165) is 24.4 Å². The second kappa shape index (κ2) is 3.74. The van der Waals surface area contributed by atoms with Gasteiger partial charge in [0.1, 0.15) is 0 Å². The van der Waals surface area contributed by atoms with E-state index in [2.05, 4.69) is 5.32 Å². The van der Waals surface area contributed by atoms with E-state index >= 15 is 0 Å². The molecule has 0 aromatic heterocycles. The fourth-order valence-electron chi connectivity index (χ4n) is 3.84. The van der Waals surface area contributed by atoms with Crippen molar-refractivity contribution in [3.05, 3.63) is 0 Å². The third-order valence-electron chi connectivity index (χ3n) is 5.12. The molecular weight excluding hydrogens is 186 g/mol. The number of methoxy groups -OCH3 is 1. The Bertz CT molecular complexity index is 231. The lowest BCUT2D eigenvalue weighted by Crippen LogP contribution is -2.51. The molecular formula is C13H23NO. The van der Waals surface area contributed by atoms with E-state index in [1.807, 2.05) is 7.11 Å². The van der Waals surface area contributed by atoms with Gasteiger partial charge in [-0.1, -0.05) is 6.42 Å². The second-order valence-corrected chi connectivity index (χ2v) is 5.90. The van der Waals surface area contributed by atoms with Gasteiger partial charge < -0.3 is 10.1 Å². The maximum absolute atomic E-state index is 5.65. The third kappa shape index (κ3) is 1.72. The highest BCUT2D eigenvalue weighted by molar-refractivity contribution is 4.97. The molecule has 3 rings (SSSR count). The molecule has 0 aliphatic heterocycles. The highest BCUT2D eigenvalue weighted by Gasteiger charge is 2.42. The molecule has 0 aromatic rings. The van der Waals surface area contributed by atoms with Crippen LogP contribution in [0.3, 0.4) is 0 Å². The molecule has 2 nitrogen and oxygen atoms in total. The minimum absolute atomic E-state index is 0.210. The SMILES string of the molecule is COC1(CNC2CC3CCC2C3)CCC1. The molecule has 0 heterocycles. The van der Waals surface area contributed by atoms with Crippen LogP contribution in [0.4, 0.5) is 0 Å². The van der Waals surface area contributed by atoms with Gasteiger partial charge in [-0.15, -0.1) is 0 Å². The number of nitrogens with one attached hydrogen (secondary N) is 1. The van der Waals surface area contributed by atoms with Crippen LogP contribution >= 0.6 is 0 Å². The summed E-state index contributed by atoms with van der Waals surface area (Å²) in [6, 6.07) is 0.816. The van der Waals surface area contributed by atoms with Gasteiger partial charge >= 0.3 is 0 Å². The summed E-state index contributed by atoms with van der Waals surface area (Å²) in [5, 5.41) is 3.78. The molecule has 3 saturated carbocycles. The number of fused-ring (bicyclic) bond motifs is 2. The fraction of sp³-hybridized carbons (Fsp3) is 1.00. The molecule has 1 N–H and O–H groups in total. The highest BCUT2D eigenvalue weighted by atomic mass is 16.5. The summed E-state index contributed by atoms with van der Waals surface area (Å²) >= 11 is 0. The Kier molecular flexibility index (Phi) is 2.52. The van der Waals surface area contributed by atoms with Crippen LogP contribution in [0, 0.1) is 11.8 Å². The van der Waals surface area contributed by atoms with E-state index in [1.165, 1.54) is 44.9 Å². The molecule has 86 valence electrons. The van der Waals surface area contributed by atoms with Crippen LogP contribution in [-0.4, -0.2) is 25.3 Å². The Morgan fingerprint density at radius 3 is 2.60 bits per heavy atom. The van der Waals surface area contributed by atoms with Crippen LogP contribution < -0.4 is 5.32 Å². The van der Waals surface area contributed by atoms with Gasteiger partial charge in [-0.2, -0.15) is 0 Å². The molecule has 0 saturated heterocycles. The van der Waals surface area contributed by atoms with E-state index in [1.54, 1.807) is 0 Å². The third-order valence-corrected chi connectivity index (χ3v) is 5.12. The van der Waals surface area contributed by atoms with E-state index in [0.29, 0.717) is 0 Å². The monoisotopic (exact) mass is 209 g/mol. The fourth-order valence-corrected chi connectivity index (χ4v) is 3.84. The highest BCUT2D eigenvalue weighted by Crippen LogP contribution is 2.45. The summed E-state index contributed by atoms with van der Waals surface area (Å²) in [6.07, 6.45) is 9.78. The summed E-state index contributed by atoms with van der Waals surface area (Å²) in [6.45, 7) is 1.09. The molecule has 0 amide bonds. The molecule has 3 aliphatic carbocycles. The normalized spacial score (nSPS) is 41.8. The number of hydrogen-bond donors (Lipinski definition) is 1. The van der Waals surface area contributed by atoms with Crippen LogP contribution in [0.15, 0.2) is 0 Å². The first-order valence-electron chi connectivity index (χ1n) is 6.60. The minimum atomic E-state index is 0.210. The molecule has 2 bridgehead atoms. The smallest absolute Gasteiger partial charge is 0.0802 e. The van der Waals surface area contributed by atoms with Crippen LogP contribution in [0.2, 0.25) is 0 Å². The van der Waals surface area contributed by atoms with E-state index < -0.39 is 0 Å². The van der Waals surface area contributed by atoms with E-state index in [4.69, 9.17) is 4.74 Å². The topological polar surface area (TPSA) is 21.3 Å². The van der Waals surface area contributed by atoms with E-state index in [-0.39, 0.29) is 5.60 Å². The Balaban J connectivity index is 1.50. The van der Waals surface area contributed by atoms with Gasteiger partial charge in [0.25, 0.3) is 0 Å². The van der Waals surface area contributed by atoms with Gasteiger partial charge in [-0.25, -0.2) is 0 Å². The van der Waals surface area contributed by atoms with Gasteiger partial charge in [0.05, 0.1) is 5.60 Å². The number of ether oxygens (including phenoxy) is 1. The van der Waals surface area contributed by atoms with Crippen LogP contribution in [-0.2, 0) is 4.74 Å². The number of hydrogen-bond acceptors (Lipinski definition) is 2. The molecule has 3 atom stereocenters. The lowest BCUT2D eigenvalue weighted by molar-refractivity contribution is -0.0716. The van der Waals surface area contributed by atoms with Crippen LogP contribution in [0.25, 0.3) is 0 Å².